The van der Waals surface area contributed by atoms with Gasteiger partial charge in [-0.15, -0.1) is 0 Å². The van der Waals surface area contributed by atoms with Gasteiger partial charge in [0, 0.05) is 17.9 Å². The van der Waals surface area contributed by atoms with Crippen molar-refractivity contribution >= 4 is 17.3 Å². The van der Waals surface area contributed by atoms with Crippen molar-refractivity contribution in [1.29, 1.82) is 0 Å². The first-order valence-corrected chi connectivity index (χ1v) is 6.10. The molecule has 0 saturated carbocycles. The summed E-state index contributed by atoms with van der Waals surface area (Å²) >= 11 is 2.04. The smallest absolute Gasteiger partial charge is 0.117 e. The van der Waals surface area contributed by atoms with Crippen LogP contribution in [0.1, 0.15) is 18.2 Å². The highest BCUT2D eigenvalue weighted by atomic mass is 32.2. The molecule has 0 spiro atoms. The Hall–Kier alpha value is -0.960. The van der Waals surface area contributed by atoms with E-state index in [-0.39, 0.29) is 0 Å². The third kappa shape index (κ3) is 1.23. The van der Waals surface area contributed by atoms with Crippen molar-refractivity contribution in [2.24, 2.45) is 0 Å². The number of fused-ring (bicyclic) bond motifs is 1. The van der Waals surface area contributed by atoms with E-state index in [1.54, 1.807) is 0 Å². The molecule has 0 amide bonds. The number of pyridine rings is 1. The summed E-state index contributed by atoms with van der Waals surface area (Å²) in [6.07, 6.45) is 5.36. The lowest BCUT2D eigenvalue weighted by Gasteiger charge is -2.06. The third-order valence-electron chi connectivity index (χ3n) is 2.76. The highest BCUT2D eigenvalue weighted by Crippen LogP contribution is 2.31. The number of imidazole rings is 1. The molecule has 1 aliphatic heterocycles. The molecule has 2 aromatic rings. The Kier molecular flexibility index (Phi) is 1.98. The Bertz CT molecular complexity index is 443. The van der Waals surface area contributed by atoms with E-state index < -0.39 is 0 Å². The molecular formula is C11H12N2S. The van der Waals surface area contributed by atoms with Crippen molar-refractivity contribution in [3.05, 3.63) is 36.4 Å². The van der Waals surface area contributed by atoms with Gasteiger partial charge in [-0.05, 0) is 24.3 Å². The van der Waals surface area contributed by atoms with E-state index in [0.717, 1.165) is 0 Å². The normalized spacial score (nSPS) is 21.9. The molecule has 1 aliphatic rings. The molecular weight excluding hydrogens is 192 g/mol. The van der Waals surface area contributed by atoms with Gasteiger partial charge in [-0.2, -0.15) is 11.8 Å². The van der Waals surface area contributed by atoms with E-state index in [4.69, 9.17) is 0 Å². The predicted octanol–water partition coefficient (Wildman–Crippen LogP) is 2.55. The van der Waals surface area contributed by atoms with E-state index in [2.05, 4.69) is 33.8 Å². The second-order valence-corrected chi connectivity index (χ2v) is 4.82. The fourth-order valence-electron chi connectivity index (χ4n) is 2.00. The van der Waals surface area contributed by atoms with Crippen LogP contribution in [0, 0.1) is 0 Å². The Labute approximate surface area is 87.3 Å². The minimum Gasteiger partial charge on any atom is -0.303 e. The fourth-order valence-corrected chi connectivity index (χ4v) is 3.22. The van der Waals surface area contributed by atoms with Crippen LogP contribution < -0.4 is 0 Å². The zero-order valence-corrected chi connectivity index (χ0v) is 8.70. The molecule has 0 bridgehead atoms. The minimum absolute atomic E-state index is 0.657. The van der Waals surface area contributed by atoms with Crippen molar-refractivity contribution in [2.75, 3.05) is 11.5 Å². The highest BCUT2D eigenvalue weighted by molar-refractivity contribution is 7.99. The first-order valence-electron chi connectivity index (χ1n) is 4.95. The SMILES string of the molecule is c1ccn2c(C3CCSC3)ncc2c1. The summed E-state index contributed by atoms with van der Waals surface area (Å²) in [5.74, 6) is 4.41. The zero-order chi connectivity index (χ0) is 9.38. The lowest BCUT2D eigenvalue weighted by atomic mass is 10.1. The summed E-state index contributed by atoms with van der Waals surface area (Å²) in [4.78, 5) is 4.53. The molecule has 2 aromatic heterocycles. The number of nitrogens with zero attached hydrogens (tertiary/aromatic N) is 2. The van der Waals surface area contributed by atoms with Crippen molar-refractivity contribution < 1.29 is 0 Å². The summed E-state index contributed by atoms with van der Waals surface area (Å²) in [6.45, 7) is 0. The second-order valence-electron chi connectivity index (χ2n) is 3.67. The topological polar surface area (TPSA) is 17.3 Å². The molecule has 1 atom stereocenters. The van der Waals surface area contributed by atoms with Crippen LogP contribution in [-0.2, 0) is 0 Å². The number of thioether (sulfide) groups is 1. The van der Waals surface area contributed by atoms with Gasteiger partial charge in [-0.25, -0.2) is 4.98 Å². The maximum Gasteiger partial charge on any atom is 0.117 e. The van der Waals surface area contributed by atoms with Gasteiger partial charge in [-0.3, -0.25) is 0 Å². The van der Waals surface area contributed by atoms with Crippen LogP contribution in [0.2, 0.25) is 0 Å². The van der Waals surface area contributed by atoms with Crippen LogP contribution in [0.4, 0.5) is 0 Å². The average molecular weight is 204 g/mol. The van der Waals surface area contributed by atoms with Gasteiger partial charge in [0.2, 0.25) is 0 Å². The summed E-state index contributed by atoms with van der Waals surface area (Å²) in [6, 6.07) is 6.24. The fraction of sp³-hybridized carbons (Fsp3) is 0.364. The number of hydrogen-bond donors (Lipinski definition) is 0. The summed E-state index contributed by atoms with van der Waals surface area (Å²) in [5.41, 5.74) is 1.21. The van der Waals surface area contributed by atoms with E-state index in [9.17, 15) is 0 Å². The van der Waals surface area contributed by atoms with Crippen LogP contribution in [-0.4, -0.2) is 20.9 Å². The van der Waals surface area contributed by atoms with Crippen molar-refractivity contribution in [3.63, 3.8) is 0 Å². The Morgan fingerprint density at radius 3 is 3.29 bits per heavy atom. The van der Waals surface area contributed by atoms with Gasteiger partial charge in [0.1, 0.15) is 5.82 Å². The third-order valence-corrected chi connectivity index (χ3v) is 3.92. The zero-order valence-electron chi connectivity index (χ0n) is 7.89. The second kappa shape index (κ2) is 3.31. The first kappa shape index (κ1) is 8.36. The predicted molar refractivity (Wildman–Crippen MR) is 59.9 cm³/mol. The van der Waals surface area contributed by atoms with Gasteiger partial charge in [0.15, 0.2) is 0 Å². The van der Waals surface area contributed by atoms with Gasteiger partial charge in [0.05, 0.1) is 11.7 Å². The molecule has 0 radical (unpaired) electrons. The van der Waals surface area contributed by atoms with Crippen molar-refractivity contribution in [1.82, 2.24) is 9.38 Å². The molecule has 1 saturated heterocycles. The van der Waals surface area contributed by atoms with Crippen molar-refractivity contribution in [3.8, 4) is 0 Å². The van der Waals surface area contributed by atoms with E-state index in [1.165, 1.54) is 29.3 Å². The summed E-state index contributed by atoms with van der Waals surface area (Å²) < 4.78 is 2.22. The van der Waals surface area contributed by atoms with Crippen LogP contribution in [0.3, 0.4) is 0 Å². The van der Waals surface area contributed by atoms with Crippen LogP contribution >= 0.6 is 11.8 Å². The monoisotopic (exact) mass is 204 g/mol. The van der Waals surface area contributed by atoms with E-state index in [0.29, 0.717) is 5.92 Å². The minimum atomic E-state index is 0.657. The number of aromatic nitrogens is 2. The lowest BCUT2D eigenvalue weighted by molar-refractivity contribution is 0.713. The Balaban J connectivity index is 2.11. The molecule has 2 nitrogen and oxygen atoms in total. The average Bonchev–Trinajstić information content (AvgIpc) is 2.85. The van der Waals surface area contributed by atoms with Crippen LogP contribution in [0.15, 0.2) is 30.6 Å². The Morgan fingerprint density at radius 2 is 2.43 bits per heavy atom. The molecule has 0 N–H and O–H groups in total. The molecule has 0 aromatic carbocycles. The van der Waals surface area contributed by atoms with Gasteiger partial charge in [-0.1, -0.05) is 6.07 Å². The molecule has 3 rings (SSSR count). The van der Waals surface area contributed by atoms with E-state index in [1.807, 2.05) is 18.0 Å². The summed E-state index contributed by atoms with van der Waals surface area (Å²) in [7, 11) is 0. The van der Waals surface area contributed by atoms with Crippen molar-refractivity contribution in [2.45, 2.75) is 12.3 Å². The van der Waals surface area contributed by atoms with Crippen LogP contribution in [0.25, 0.3) is 5.52 Å². The maximum absolute atomic E-state index is 4.53. The Morgan fingerprint density at radius 1 is 1.43 bits per heavy atom. The number of hydrogen-bond acceptors (Lipinski definition) is 2. The molecule has 72 valence electrons. The standard InChI is InChI=1S/C11H12N2S/c1-2-5-13-10(3-1)7-12-11(13)9-4-6-14-8-9/h1-3,5,7,9H,4,6,8H2. The molecule has 14 heavy (non-hydrogen) atoms. The molecule has 3 heteroatoms. The quantitative estimate of drug-likeness (QED) is 0.710. The van der Waals surface area contributed by atoms with Crippen LogP contribution in [0.5, 0.6) is 0 Å². The summed E-state index contributed by atoms with van der Waals surface area (Å²) in [5, 5.41) is 0. The van der Waals surface area contributed by atoms with E-state index >= 15 is 0 Å². The maximum atomic E-state index is 4.53. The highest BCUT2D eigenvalue weighted by Gasteiger charge is 2.21. The largest absolute Gasteiger partial charge is 0.303 e. The lowest BCUT2D eigenvalue weighted by Crippen LogP contribution is -2.02. The van der Waals surface area contributed by atoms with Gasteiger partial charge < -0.3 is 4.40 Å². The van der Waals surface area contributed by atoms with Gasteiger partial charge >= 0.3 is 0 Å². The van der Waals surface area contributed by atoms with Gasteiger partial charge in [0.25, 0.3) is 0 Å². The molecule has 0 aliphatic carbocycles. The molecule has 1 fully saturated rings. The first-order chi connectivity index (χ1) is 6.95. The molecule has 1 unspecified atom stereocenters. The molecule has 3 heterocycles. The number of rotatable bonds is 1.